The molecule has 0 spiro atoms. The molecule has 0 aromatic carbocycles. The zero-order valence-corrected chi connectivity index (χ0v) is 4.04. The smallest absolute Gasteiger partial charge is 0.157 e. The molecule has 0 N–H and O–H groups in total. The van der Waals surface area contributed by atoms with Gasteiger partial charge < -0.3 is 0 Å². The van der Waals surface area contributed by atoms with E-state index in [0.717, 1.165) is 12.9 Å². The van der Waals surface area contributed by atoms with Gasteiger partial charge in [0.15, 0.2) is 7.28 Å². The van der Waals surface area contributed by atoms with E-state index < -0.39 is 0 Å². The molecule has 0 amide bonds. The van der Waals surface area contributed by atoms with Crippen LogP contribution in [0.5, 0.6) is 0 Å². The third kappa shape index (κ3) is 4.15. The Bertz CT molecular complexity index is 28.1. The summed E-state index contributed by atoms with van der Waals surface area (Å²) in [5.74, 6) is 1.85. The molecule has 0 fully saturated rings. The van der Waals surface area contributed by atoms with E-state index in [-0.39, 0.29) is 0 Å². The Kier molecular flexibility index (Phi) is 4.28. The normalized spacial score (nSPS) is 6.60. The van der Waals surface area contributed by atoms with Crippen LogP contribution in [0.1, 0.15) is 0 Å². The predicted octanol–water partition coefficient (Wildman–Crippen LogP) is 0.454. The van der Waals surface area contributed by atoms with E-state index in [9.17, 15) is 0 Å². The van der Waals surface area contributed by atoms with Crippen molar-refractivity contribution in [1.82, 2.24) is 0 Å². The van der Waals surface area contributed by atoms with Crippen LogP contribution in [0.25, 0.3) is 0 Å². The summed E-state index contributed by atoms with van der Waals surface area (Å²) in [6, 6.07) is 0. The lowest BCUT2D eigenvalue weighted by molar-refractivity contribution is 2.18. The van der Waals surface area contributed by atoms with Crippen LogP contribution in [0.4, 0.5) is 0 Å². The van der Waals surface area contributed by atoms with Crippen molar-refractivity contribution in [2.75, 3.05) is 5.65 Å². The number of hydrogen-bond acceptors (Lipinski definition) is 1. The molecule has 28 valence electrons. The van der Waals surface area contributed by atoms with Crippen molar-refractivity contribution in [3.8, 4) is 0 Å². The van der Waals surface area contributed by atoms with Crippen LogP contribution in [0, 0.1) is 0 Å². The molecule has 0 saturated heterocycles. The molecule has 0 bridgehead atoms. The molecule has 0 saturated carbocycles. The lowest BCUT2D eigenvalue weighted by atomic mass is 9.83. The molecule has 0 heterocycles. The predicted molar refractivity (Wildman–Crippen MR) is 31.2 cm³/mol. The van der Waals surface area contributed by atoms with Crippen LogP contribution in [0.15, 0.2) is 12.6 Å². The summed E-state index contributed by atoms with van der Waals surface area (Å²) in [6.45, 7) is 3.50. The van der Waals surface area contributed by atoms with Gasteiger partial charge in [-0.25, -0.2) is 0 Å². The van der Waals surface area contributed by atoms with E-state index in [4.69, 9.17) is 0 Å². The number of thiol groups is 1. The van der Waals surface area contributed by atoms with Gasteiger partial charge in [-0.3, -0.25) is 0 Å². The minimum absolute atomic E-state index is 0.920. The Morgan fingerprint density at radius 3 is 2.60 bits per heavy atom. The van der Waals surface area contributed by atoms with Gasteiger partial charge in [0.05, 0.1) is 0 Å². The van der Waals surface area contributed by atoms with Gasteiger partial charge in [0.2, 0.25) is 0 Å². The van der Waals surface area contributed by atoms with Crippen molar-refractivity contribution in [2.24, 2.45) is 0 Å². The second-order valence-corrected chi connectivity index (χ2v) is 1.25. The maximum absolute atomic E-state index is 3.93. The third-order valence-corrected chi connectivity index (χ3v) is 0.591. The van der Waals surface area contributed by atoms with Crippen LogP contribution in [-0.4, -0.2) is 12.9 Å². The first-order valence-electron chi connectivity index (χ1n) is 1.63. The van der Waals surface area contributed by atoms with E-state index in [1.807, 2.05) is 5.98 Å². The minimum atomic E-state index is 0.920. The van der Waals surface area contributed by atoms with Gasteiger partial charge in [-0.2, -0.15) is 12.6 Å². The highest BCUT2D eigenvalue weighted by molar-refractivity contribution is 7.81. The van der Waals surface area contributed by atoms with E-state index in [1.165, 1.54) is 0 Å². The zero-order valence-electron chi connectivity index (χ0n) is 3.15. The molecule has 0 aromatic rings. The van der Waals surface area contributed by atoms with Crippen molar-refractivity contribution in [2.45, 2.75) is 0 Å². The molecule has 0 aliphatic rings. The summed E-state index contributed by atoms with van der Waals surface area (Å²) >= 11 is 3.93. The highest BCUT2D eigenvalue weighted by Crippen LogP contribution is 1.65. The molecule has 0 rings (SSSR count). The van der Waals surface area contributed by atoms with Gasteiger partial charge in [0, 0.05) is 0 Å². The van der Waals surface area contributed by atoms with Crippen molar-refractivity contribution in [3.63, 3.8) is 0 Å². The van der Waals surface area contributed by atoms with Crippen molar-refractivity contribution in [1.29, 1.82) is 0 Å². The average molecular weight is 86.0 g/mol. The van der Waals surface area contributed by atoms with Crippen LogP contribution >= 0.6 is 12.6 Å². The van der Waals surface area contributed by atoms with Crippen LogP contribution < -0.4 is 0 Å². The largest absolute Gasteiger partial charge is 0.187 e. The summed E-state index contributed by atoms with van der Waals surface area (Å²) in [7, 11) is 1.02. The average Bonchev–Trinajstić information content (AvgIpc) is 1.41. The molecule has 2 heteroatoms. The summed E-state index contributed by atoms with van der Waals surface area (Å²) < 4.78 is 0. The fraction of sp³-hybridized carbons (Fsp3) is 0.333. The minimum Gasteiger partial charge on any atom is -0.187 e. The second-order valence-electron chi connectivity index (χ2n) is 0.801. The monoisotopic (exact) mass is 86.0 g/mol. The Morgan fingerprint density at radius 2 is 2.60 bits per heavy atom. The molecule has 0 radical (unpaired) electrons. The first-order valence-corrected chi connectivity index (χ1v) is 2.27. The standard InChI is InChI=1S/C3H7BS/c1-2-4-3-5/h2,4-5H,1,3H2. The molecule has 0 unspecified atom stereocenters. The molecule has 5 heavy (non-hydrogen) atoms. The van der Waals surface area contributed by atoms with Crippen molar-refractivity contribution < 1.29 is 0 Å². The summed E-state index contributed by atoms with van der Waals surface area (Å²) in [4.78, 5) is 0. The Hall–Kier alpha value is 0.155. The number of rotatable bonds is 2. The fourth-order valence-corrected chi connectivity index (χ4v) is 0.274. The molecular weight excluding hydrogens is 78.9 g/mol. The molecular formula is C3H7BS. The van der Waals surface area contributed by atoms with Crippen molar-refractivity contribution in [3.05, 3.63) is 12.6 Å². The van der Waals surface area contributed by atoms with Crippen LogP contribution in [-0.2, 0) is 0 Å². The topological polar surface area (TPSA) is 0 Å². The quantitative estimate of drug-likeness (QED) is 0.366. The van der Waals surface area contributed by atoms with Gasteiger partial charge >= 0.3 is 0 Å². The fourth-order valence-electron chi connectivity index (χ4n) is 0.0913. The van der Waals surface area contributed by atoms with E-state index in [1.54, 1.807) is 0 Å². The highest BCUT2D eigenvalue weighted by Gasteiger charge is 1.67. The lowest BCUT2D eigenvalue weighted by Crippen LogP contribution is -1.80. The van der Waals surface area contributed by atoms with E-state index in [0.29, 0.717) is 0 Å². The lowest BCUT2D eigenvalue weighted by Gasteiger charge is -1.68. The summed E-state index contributed by atoms with van der Waals surface area (Å²) in [5, 5.41) is 0. The Morgan fingerprint density at radius 1 is 2.00 bits per heavy atom. The van der Waals surface area contributed by atoms with Gasteiger partial charge in [-0.1, -0.05) is 0 Å². The van der Waals surface area contributed by atoms with Crippen molar-refractivity contribution >= 4 is 19.9 Å². The second kappa shape index (κ2) is 4.15. The van der Waals surface area contributed by atoms with Crippen LogP contribution in [0.3, 0.4) is 0 Å². The zero-order chi connectivity index (χ0) is 4.12. The molecule has 0 atom stereocenters. The molecule has 0 aliphatic heterocycles. The summed E-state index contributed by atoms with van der Waals surface area (Å²) in [6.07, 6.45) is 0. The van der Waals surface area contributed by atoms with Gasteiger partial charge in [-0.05, 0) is 5.65 Å². The molecule has 0 aliphatic carbocycles. The maximum atomic E-state index is 3.93. The first-order chi connectivity index (χ1) is 2.41. The SMILES string of the molecule is C=CBCS. The highest BCUT2D eigenvalue weighted by atomic mass is 32.1. The Balaban J connectivity index is 2.40. The van der Waals surface area contributed by atoms with Gasteiger partial charge in [0.1, 0.15) is 0 Å². The maximum Gasteiger partial charge on any atom is 0.157 e. The number of hydrogen-bond donors (Lipinski definition) is 1. The van der Waals surface area contributed by atoms with E-state index in [2.05, 4.69) is 19.2 Å². The molecule has 0 aromatic heterocycles. The molecule has 0 nitrogen and oxygen atoms in total. The first kappa shape index (κ1) is 5.15. The Labute approximate surface area is 38.9 Å². The summed E-state index contributed by atoms with van der Waals surface area (Å²) in [5.41, 5.74) is 0.920. The van der Waals surface area contributed by atoms with Gasteiger partial charge in [-0.15, -0.1) is 12.6 Å². The van der Waals surface area contributed by atoms with Crippen LogP contribution in [0.2, 0.25) is 0 Å². The van der Waals surface area contributed by atoms with E-state index >= 15 is 0 Å². The van der Waals surface area contributed by atoms with Gasteiger partial charge in [0.25, 0.3) is 0 Å². The third-order valence-electron chi connectivity index (χ3n) is 0.333.